The number of thioether (sulfide) groups is 1. The predicted molar refractivity (Wildman–Crippen MR) is 98.9 cm³/mol. The molecule has 0 unspecified atom stereocenters. The van der Waals surface area contributed by atoms with Crippen LogP contribution in [0.2, 0.25) is 0 Å². The maximum absolute atomic E-state index is 12.3. The van der Waals surface area contributed by atoms with Gasteiger partial charge in [-0.3, -0.25) is 0 Å². The summed E-state index contributed by atoms with van der Waals surface area (Å²) in [5.74, 6) is 0.788. The molecule has 1 atom stereocenters. The smallest absolute Gasteiger partial charge is 0.408 e. The van der Waals surface area contributed by atoms with Gasteiger partial charge in [0.1, 0.15) is 5.60 Å². The molecular weight excluding hydrogens is 346 g/mol. The van der Waals surface area contributed by atoms with Gasteiger partial charge in [0.2, 0.25) is 0 Å². The van der Waals surface area contributed by atoms with Crippen LogP contribution in [0.1, 0.15) is 27.2 Å². The van der Waals surface area contributed by atoms with E-state index >= 15 is 0 Å². The van der Waals surface area contributed by atoms with E-state index in [1.807, 2.05) is 6.26 Å². The molecular formula is C17H25NO4S2. The molecule has 0 saturated heterocycles. The number of hydrogen-bond donors (Lipinski definition) is 1. The lowest BCUT2D eigenvalue weighted by Gasteiger charge is -2.22. The summed E-state index contributed by atoms with van der Waals surface area (Å²) >= 11 is 1.62. The van der Waals surface area contributed by atoms with Crippen molar-refractivity contribution in [3.8, 4) is 0 Å². The highest BCUT2D eigenvalue weighted by Gasteiger charge is 2.19. The van der Waals surface area contributed by atoms with Crippen LogP contribution in [0.4, 0.5) is 4.79 Å². The zero-order chi connectivity index (χ0) is 18.2. The number of rotatable bonds is 7. The van der Waals surface area contributed by atoms with Crippen LogP contribution < -0.4 is 5.32 Å². The second kappa shape index (κ2) is 9.13. The summed E-state index contributed by atoms with van der Waals surface area (Å²) in [5, 5.41) is 3.85. The van der Waals surface area contributed by atoms with Gasteiger partial charge in [-0.15, -0.1) is 0 Å². The van der Waals surface area contributed by atoms with Crippen LogP contribution in [0, 0.1) is 0 Å². The fourth-order valence-electron chi connectivity index (χ4n) is 1.81. The normalized spacial score (nSPS) is 13.7. The van der Waals surface area contributed by atoms with Crippen molar-refractivity contribution in [3.05, 3.63) is 41.8 Å². The molecule has 1 amide bonds. The van der Waals surface area contributed by atoms with Gasteiger partial charge in [0.15, 0.2) is 9.84 Å². The quantitative estimate of drug-likeness (QED) is 0.792. The Hall–Kier alpha value is -1.47. The predicted octanol–water partition coefficient (Wildman–Crippen LogP) is 3.62. The van der Waals surface area contributed by atoms with E-state index < -0.39 is 27.6 Å². The number of alkyl carbamates (subject to hydrolysis) is 1. The molecule has 0 aliphatic heterocycles. The Bertz CT molecular complexity index is 649. The number of benzene rings is 1. The van der Waals surface area contributed by atoms with Crippen molar-refractivity contribution in [1.29, 1.82) is 0 Å². The minimum atomic E-state index is -3.53. The Kier molecular flexibility index (Phi) is 7.83. The first-order chi connectivity index (χ1) is 11.1. The second-order valence-corrected chi connectivity index (χ2v) is 9.04. The van der Waals surface area contributed by atoms with Crippen molar-refractivity contribution < 1.29 is 17.9 Å². The summed E-state index contributed by atoms with van der Waals surface area (Å²) in [5.41, 5.74) is -0.603. The SMILES string of the molecule is CSCC[C@@H](/C=C/S(=O)(=O)c1ccccc1)NC(=O)OC(C)(C)C. The Labute approximate surface area is 148 Å². The minimum Gasteiger partial charge on any atom is -0.444 e. The van der Waals surface area contributed by atoms with E-state index in [2.05, 4.69) is 5.32 Å². The average molecular weight is 372 g/mol. The van der Waals surface area contributed by atoms with E-state index in [0.717, 1.165) is 11.2 Å². The summed E-state index contributed by atoms with van der Waals surface area (Å²) in [4.78, 5) is 12.1. The third kappa shape index (κ3) is 7.88. The zero-order valence-electron chi connectivity index (χ0n) is 14.5. The molecule has 0 aliphatic carbocycles. The molecule has 0 heterocycles. The molecule has 7 heteroatoms. The van der Waals surface area contributed by atoms with Crippen molar-refractivity contribution in [2.45, 2.75) is 43.7 Å². The molecule has 0 fully saturated rings. The Morgan fingerprint density at radius 1 is 1.29 bits per heavy atom. The lowest BCUT2D eigenvalue weighted by atomic mass is 10.2. The average Bonchev–Trinajstić information content (AvgIpc) is 2.49. The first-order valence-corrected chi connectivity index (χ1v) is 10.5. The molecule has 5 nitrogen and oxygen atoms in total. The molecule has 0 aliphatic rings. The van der Waals surface area contributed by atoms with Crippen molar-refractivity contribution in [2.75, 3.05) is 12.0 Å². The zero-order valence-corrected chi connectivity index (χ0v) is 16.1. The van der Waals surface area contributed by atoms with Gasteiger partial charge in [-0.2, -0.15) is 11.8 Å². The van der Waals surface area contributed by atoms with Crippen LogP contribution in [-0.2, 0) is 14.6 Å². The molecule has 1 N–H and O–H groups in total. The fraction of sp³-hybridized carbons (Fsp3) is 0.471. The summed E-state index contributed by atoms with van der Waals surface area (Å²) < 4.78 is 29.8. The highest BCUT2D eigenvalue weighted by Crippen LogP contribution is 2.13. The van der Waals surface area contributed by atoms with E-state index in [1.54, 1.807) is 50.7 Å². The lowest BCUT2D eigenvalue weighted by molar-refractivity contribution is 0.0514. The van der Waals surface area contributed by atoms with Crippen LogP contribution in [0.5, 0.6) is 0 Å². The van der Waals surface area contributed by atoms with Gasteiger partial charge in [-0.05, 0) is 51.3 Å². The molecule has 0 saturated carbocycles. The molecule has 134 valence electrons. The summed E-state index contributed by atoms with van der Waals surface area (Å²) in [6, 6.07) is 7.77. The van der Waals surface area contributed by atoms with Crippen LogP contribution in [0.3, 0.4) is 0 Å². The van der Waals surface area contributed by atoms with E-state index in [4.69, 9.17) is 4.74 Å². The second-order valence-electron chi connectivity index (χ2n) is 6.22. The Balaban J connectivity index is 2.83. The molecule has 1 rings (SSSR count). The van der Waals surface area contributed by atoms with Crippen molar-refractivity contribution in [1.82, 2.24) is 5.32 Å². The first kappa shape index (κ1) is 20.6. The van der Waals surface area contributed by atoms with Gasteiger partial charge in [0.25, 0.3) is 0 Å². The minimum absolute atomic E-state index is 0.224. The van der Waals surface area contributed by atoms with Crippen LogP contribution in [0.15, 0.2) is 46.7 Å². The number of amides is 1. The van der Waals surface area contributed by atoms with Gasteiger partial charge in [-0.25, -0.2) is 13.2 Å². The number of carbonyl (C=O) groups is 1. The van der Waals surface area contributed by atoms with E-state index in [-0.39, 0.29) is 4.90 Å². The summed E-state index contributed by atoms with van der Waals surface area (Å²) in [7, 11) is -3.53. The standard InChI is InChI=1S/C17H25NO4S2/c1-17(2,3)22-16(19)18-14(10-12-23-4)11-13-24(20,21)15-8-6-5-7-9-15/h5-9,11,13-14H,10,12H2,1-4H3,(H,18,19)/b13-11+/t14-/m0/s1. The van der Waals surface area contributed by atoms with Crippen LogP contribution in [-0.4, -0.2) is 38.2 Å². The topological polar surface area (TPSA) is 72.5 Å². The largest absolute Gasteiger partial charge is 0.444 e. The van der Waals surface area contributed by atoms with Gasteiger partial charge in [0.05, 0.1) is 10.9 Å². The lowest BCUT2D eigenvalue weighted by Crippen LogP contribution is -2.38. The van der Waals surface area contributed by atoms with Gasteiger partial charge in [0, 0.05) is 5.41 Å². The van der Waals surface area contributed by atoms with E-state index in [1.165, 1.54) is 18.2 Å². The number of ether oxygens (including phenoxy) is 1. The molecule has 0 aromatic heterocycles. The van der Waals surface area contributed by atoms with Crippen LogP contribution >= 0.6 is 11.8 Å². The maximum Gasteiger partial charge on any atom is 0.408 e. The highest BCUT2D eigenvalue weighted by atomic mass is 32.2. The third-order valence-electron chi connectivity index (χ3n) is 2.90. The first-order valence-electron chi connectivity index (χ1n) is 7.61. The van der Waals surface area contributed by atoms with Crippen molar-refractivity contribution in [2.24, 2.45) is 0 Å². The molecule has 0 spiro atoms. The molecule has 0 radical (unpaired) electrons. The fourth-order valence-corrected chi connectivity index (χ4v) is 3.39. The van der Waals surface area contributed by atoms with Gasteiger partial charge in [-0.1, -0.05) is 24.3 Å². The number of sulfone groups is 1. The van der Waals surface area contributed by atoms with Gasteiger partial charge >= 0.3 is 6.09 Å². The highest BCUT2D eigenvalue weighted by molar-refractivity contribution is 7.98. The van der Waals surface area contributed by atoms with Crippen molar-refractivity contribution >= 4 is 27.7 Å². The number of carbonyl (C=O) groups excluding carboxylic acids is 1. The molecule has 1 aromatic carbocycles. The summed E-state index contributed by atoms with van der Waals surface area (Å²) in [6.07, 6.45) is 3.51. The molecule has 24 heavy (non-hydrogen) atoms. The maximum atomic E-state index is 12.3. The molecule has 0 bridgehead atoms. The van der Waals surface area contributed by atoms with Crippen molar-refractivity contribution in [3.63, 3.8) is 0 Å². The third-order valence-corrected chi connectivity index (χ3v) is 4.99. The Morgan fingerprint density at radius 2 is 1.92 bits per heavy atom. The van der Waals surface area contributed by atoms with E-state index in [0.29, 0.717) is 6.42 Å². The van der Waals surface area contributed by atoms with Crippen LogP contribution in [0.25, 0.3) is 0 Å². The Morgan fingerprint density at radius 3 is 2.46 bits per heavy atom. The number of hydrogen-bond acceptors (Lipinski definition) is 5. The molecule has 1 aromatic rings. The number of nitrogens with one attached hydrogen (secondary N) is 1. The van der Waals surface area contributed by atoms with Gasteiger partial charge < -0.3 is 10.1 Å². The summed E-state index contributed by atoms with van der Waals surface area (Å²) in [6.45, 7) is 5.33. The van der Waals surface area contributed by atoms with E-state index in [9.17, 15) is 13.2 Å². The monoisotopic (exact) mass is 371 g/mol.